The summed E-state index contributed by atoms with van der Waals surface area (Å²) in [6, 6.07) is -0.603. The number of hydrogen-bond donors (Lipinski definition) is 2. The minimum atomic E-state index is -4.38. The molecule has 3 atom stereocenters. The second-order valence-electron chi connectivity index (χ2n) is 10.7. The first-order valence-electron chi connectivity index (χ1n) is 13.9. The number of hydrogen-bond acceptors (Lipinski definition) is 18. The van der Waals surface area contributed by atoms with Gasteiger partial charge in [-0.25, -0.2) is 16.8 Å². The monoisotopic (exact) mass is 815 g/mol. The van der Waals surface area contributed by atoms with E-state index in [1.807, 2.05) is 0 Å². The van der Waals surface area contributed by atoms with Gasteiger partial charge in [0.1, 0.15) is 0 Å². The minimum Gasteiger partial charge on any atom is -0.748 e. The Morgan fingerprint density at radius 3 is 2.30 bits per heavy atom. The smallest absolute Gasteiger partial charge is 0.748 e. The van der Waals surface area contributed by atoms with Crippen LogP contribution in [0.3, 0.4) is 0 Å². The molecule has 2 fully saturated rings. The first-order chi connectivity index (χ1) is 20.7. The van der Waals surface area contributed by atoms with Gasteiger partial charge in [-0.3, -0.25) is 14.7 Å². The molecule has 2 N–H and O–H groups in total. The Morgan fingerprint density at radius 2 is 1.70 bits per heavy atom. The van der Waals surface area contributed by atoms with Crippen molar-refractivity contribution in [3.05, 3.63) is 12.4 Å². The number of carbonyl (C=O) groups is 1. The molecule has 2 aliphatic rings. The Labute approximate surface area is 411 Å². The molecule has 0 aliphatic heterocycles. The molecule has 2 aliphatic carbocycles. The SMILES string of the molecule is C=C(SOO[O-])c1nsc(N=NC2CCC(N(CCCS(=O)(=O)[O-])C3CCC(NCCS(=O)(=O)[O-])CC3)CC2NC(C)=O)n1.[K+].[K+].[K+]. The Kier molecular flexibility index (Phi) is 27.1. The summed E-state index contributed by atoms with van der Waals surface area (Å²) in [6.07, 6.45) is 4.94. The van der Waals surface area contributed by atoms with Gasteiger partial charge in [0, 0.05) is 48.9 Å². The van der Waals surface area contributed by atoms with Gasteiger partial charge in [0.25, 0.3) is 0 Å². The van der Waals surface area contributed by atoms with E-state index in [-0.39, 0.29) is 219 Å². The summed E-state index contributed by atoms with van der Waals surface area (Å²) in [7, 11) is -8.68. The van der Waals surface area contributed by atoms with Crippen molar-refractivity contribution < 1.29 is 200 Å². The number of azo groups is 1. The van der Waals surface area contributed by atoms with Crippen LogP contribution in [0.15, 0.2) is 16.8 Å². The van der Waals surface area contributed by atoms with E-state index < -0.39 is 31.7 Å². The zero-order valence-corrected chi connectivity index (χ0v) is 39.7. The van der Waals surface area contributed by atoms with E-state index in [0.29, 0.717) is 37.8 Å². The predicted octanol–water partition coefficient (Wildman–Crippen LogP) is -8.41. The van der Waals surface area contributed by atoms with Crippen LogP contribution < -0.4 is 170 Å². The van der Waals surface area contributed by atoms with Crippen LogP contribution in [0.25, 0.3) is 4.91 Å². The van der Waals surface area contributed by atoms with Crippen LogP contribution in [0.5, 0.6) is 0 Å². The van der Waals surface area contributed by atoms with Gasteiger partial charge in [0.05, 0.1) is 55.0 Å². The molecule has 24 heteroatoms. The topological polar surface area (TPSA) is 251 Å². The van der Waals surface area contributed by atoms with Crippen LogP contribution in [-0.4, -0.2) is 101 Å². The van der Waals surface area contributed by atoms with Crippen molar-refractivity contribution in [2.24, 2.45) is 10.2 Å². The van der Waals surface area contributed by atoms with E-state index in [4.69, 9.17) is 0 Å². The van der Waals surface area contributed by atoms with Crippen molar-refractivity contribution >= 4 is 59.8 Å². The predicted molar refractivity (Wildman–Crippen MR) is 157 cm³/mol. The van der Waals surface area contributed by atoms with Gasteiger partial charge in [0.2, 0.25) is 11.0 Å². The minimum absolute atomic E-state index is 0. The van der Waals surface area contributed by atoms with E-state index >= 15 is 0 Å². The Balaban J connectivity index is 0.00000705. The number of rotatable bonds is 17. The molecule has 0 bridgehead atoms. The maximum atomic E-state index is 12.1. The van der Waals surface area contributed by atoms with Gasteiger partial charge in [-0.2, -0.15) is 18.8 Å². The molecule has 3 unspecified atom stereocenters. The fourth-order valence-electron chi connectivity index (χ4n) is 5.66. The van der Waals surface area contributed by atoms with Crippen LogP contribution in [0.2, 0.25) is 0 Å². The second kappa shape index (κ2) is 25.4. The van der Waals surface area contributed by atoms with E-state index in [0.717, 1.165) is 37.2 Å². The molecule has 2 saturated carbocycles. The summed E-state index contributed by atoms with van der Waals surface area (Å²) in [5, 5.41) is 28.3. The summed E-state index contributed by atoms with van der Waals surface area (Å²) in [5.74, 6) is -0.994. The Morgan fingerprint density at radius 1 is 1.06 bits per heavy atom. The Bertz CT molecular complexity index is 1350. The molecule has 1 heterocycles. The number of nitrogens with zero attached hydrogens (tertiary/aromatic N) is 5. The maximum Gasteiger partial charge on any atom is 1.00 e. The van der Waals surface area contributed by atoms with Gasteiger partial charge < -0.3 is 25.0 Å². The van der Waals surface area contributed by atoms with E-state index in [1.165, 1.54) is 6.92 Å². The van der Waals surface area contributed by atoms with Gasteiger partial charge in [-0.15, -0.1) is 5.11 Å². The number of aromatic nitrogens is 2. The van der Waals surface area contributed by atoms with Crippen LogP contribution in [-0.2, 0) is 34.4 Å². The normalized spacial score (nSPS) is 23.4. The van der Waals surface area contributed by atoms with Gasteiger partial charge >= 0.3 is 154 Å². The molecule has 47 heavy (non-hydrogen) atoms. The summed E-state index contributed by atoms with van der Waals surface area (Å²) < 4.78 is 75.0. The van der Waals surface area contributed by atoms with Crippen LogP contribution in [0.1, 0.15) is 64.1 Å². The standard InChI is InChI=1S/C23H39N7O10S4.3K/c1-15(42-40-39-32)22-26-23(41-29-22)28-27-20-9-8-19(14-21(20)25-16(2)31)30(11-3-12-43(33,34)35)18-6-4-17(5-7-18)24-10-13-44(36,37)38;;;/h17-21,24,32H,1,3-14H2,2H3,(H,25,31)(H,33,34,35)(H,36,37,38);;;/q;3*+1/p-3. The quantitative estimate of drug-likeness (QED) is 0.0370. The number of carbonyl (C=O) groups excluding carboxylic acids is 1. The van der Waals surface area contributed by atoms with Crippen LogP contribution in [0.4, 0.5) is 5.13 Å². The zero-order valence-electron chi connectivity index (χ0n) is 27.0. The Hall–Kier alpha value is 3.25. The van der Waals surface area contributed by atoms with Crippen molar-refractivity contribution in [1.29, 1.82) is 0 Å². The third kappa shape index (κ3) is 19.9. The third-order valence-corrected chi connectivity index (χ3v) is 10.1. The van der Waals surface area contributed by atoms with Gasteiger partial charge in [0.15, 0.2) is 5.82 Å². The largest absolute Gasteiger partial charge is 1.00 e. The molecule has 0 saturated heterocycles. The van der Waals surface area contributed by atoms with Crippen molar-refractivity contribution in [2.45, 2.75) is 88.5 Å². The van der Waals surface area contributed by atoms with E-state index in [1.54, 1.807) is 0 Å². The van der Waals surface area contributed by atoms with Crippen LogP contribution >= 0.6 is 23.6 Å². The molecule has 1 amide bonds. The third-order valence-electron chi connectivity index (χ3n) is 7.52. The maximum absolute atomic E-state index is 12.1. The molecule has 0 aromatic carbocycles. The molecule has 1 aromatic rings. The molecular weight excluding hydrogens is 780 g/mol. The molecule has 17 nitrogen and oxygen atoms in total. The van der Waals surface area contributed by atoms with Crippen molar-refractivity contribution in [3.63, 3.8) is 0 Å². The first-order valence-corrected chi connectivity index (χ1v) is 18.6. The second-order valence-corrected chi connectivity index (χ2v) is 15.2. The van der Waals surface area contributed by atoms with Gasteiger partial charge in [-0.1, -0.05) is 6.58 Å². The van der Waals surface area contributed by atoms with E-state index in [2.05, 4.69) is 51.1 Å². The first kappa shape index (κ1) is 50.2. The van der Waals surface area contributed by atoms with Crippen molar-refractivity contribution in [2.75, 3.05) is 24.6 Å². The molecule has 3 rings (SSSR count). The summed E-state index contributed by atoms with van der Waals surface area (Å²) >= 11 is 1.53. The fraction of sp³-hybridized carbons (Fsp3) is 0.783. The molecule has 250 valence electrons. The van der Waals surface area contributed by atoms with E-state index in [9.17, 15) is 36.0 Å². The fourth-order valence-corrected chi connectivity index (χ4v) is 7.37. The van der Waals surface area contributed by atoms with Crippen molar-refractivity contribution in [1.82, 2.24) is 24.9 Å². The average molecular weight is 816 g/mol. The summed E-state index contributed by atoms with van der Waals surface area (Å²) in [6.45, 7) is 5.57. The molecule has 0 spiro atoms. The molecular formula is C23H36K3N7O10S4. The number of nitrogens with one attached hydrogen (secondary N) is 2. The van der Waals surface area contributed by atoms with Crippen molar-refractivity contribution in [3.8, 4) is 0 Å². The van der Waals surface area contributed by atoms with Gasteiger partial charge in [-0.05, 0) is 57.9 Å². The zero-order chi connectivity index (χ0) is 32.3. The molecule has 1 aromatic heterocycles. The average Bonchev–Trinajstić information content (AvgIpc) is 3.42. The molecule has 0 radical (unpaired) electrons. The number of amides is 1. The van der Waals surface area contributed by atoms with Crippen LogP contribution in [0, 0.1) is 0 Å². The summed E-state index contributed by atoms with van der Waals surface area (Å²) in [5.41, 5.74) is 0. The summed E-state index contributed by atoms with van der Waals surface area (Å²) in [4.78, 5) is 18.8.